The minimum absolute atomic E-state index is 0.165. The number of ether oxygens (including phenoxy) is 1. The molecule has 0 saturated heterocycles. The first-order valence-corrected chi connectivity index (χ1v) is 7.10. The Morgan fingerprint density at radius 2 is 1.91 bits per heavy atom. The van der Waals surface area contributed by atoms with E-state index < -0.39 is 6.09 Å². The van der Waals surface area contributed by atoms with Crippen molar-refractivity contribution in [1.29, 1.82) is 0 Å². The van der Waals surface area contributed by atoms with Crippen LogP contribution in [0.3, 0.4) is 0 Å². The lowest BCUT2D eigenvalue weighted by atomic mass is 10.2. The largest absolute Gasteiger partial charge is 0.446 e. The van der Waals surface area contributed by atoms with E-state index in [1.807, 2.05) is 42.5 Å². The van der Waals surface area contributed by atoms with Crippen LogP contribution in [-0.4, -0.2) is 16.1 Å². The Morgan fingerprint density at radius 3 is 2.70 bits per heavy atom. The maximum absolute atomic E-state index is 11.7. The summed E-state index contributed by atoms with van der Waals surface area (Å²) in [5.74, 6) is 0.411. The molecule has 0 atom stereocenters. The zero-order valence-electron chi connectivity index (χ0n) is 12.3. The van der Waals surface area contributed by atoms with Crippen molar-refractivity contribution in [2.75, 3.05) is 0 Å². The summed E-state index contributed by atoms with van der Waals surface area (Å²) in [4.78, 5) is 19.9. The van der Waals surface area contributed by atoms with Crippen LogP contribution in [0.25, 0.3) is 11.3 Å². The Morgan fingerprint density at radius 1 is 1.13 bits per heavy atom. The van der Waals surface area contributed by atoms with E-state index in [-0.39, 0.29) is 13.2 Å². The third-order valence-corrected chi connectivity index (χ3v) is 3.12. The monoisotopic (exact) mass is 309 g/mol. The van der Waals surface area contributed by atoms with E-state index in [0.717, 1.165) is 11.1 Å². The van der Waals surface area contributed by atoms with Gasteiger partial charge in [0.1, 0.15) is 18.6 Å². The van der Waals surface area contributed by atoms with Crippen molar-refractivity contribution in [2.24, 2.45) is 0 Å². The highest BCUT2D eigenvalue weighted by Gasteiger charge is 2.08. The third-order valence-electron chi connectivity index (χ3n) is 3.12. The lowest BCUT2D eigenvalue weighted by Crippen LogP contribution is -2.23. The summed E-state index contributed by atoms with van der Waals surface area (Å²) in [7, 11) is 0. The first-order valence-electron chi connectivity index (χ1n) is 7.10. The van der Waals surface area contributed by atoms with Crippen LogP contribution in [0.1, 0.15) is 11.5 Å². The molecule has 0 radical (unpaired) electrons. The maximum Gasteiger partial charge on any atom is 0.407 e. The molecule has 0 aliphatic carbocycles. The number of oxazole rings is 1. The fourth-order valence-corrected chi connectivity index (χ4v) is 1.97. The maximum atomic E-state index is 11.7. The molecule has 0 fully saturated rings. The van der Waals surface area contributed by atoms with Crippen molar-refractivity contribution in [3.8, 4) is 11.3 Å². The summed E-state index contributed by atoms with van der Waals surface area (Å²) in [6, 6.07) is 13.2. The Balaban J connectivity index is 1.49. The van der Waals surface area contributed by atoms with Crippen molar-refractivity contribution in [3.05, 3.63) is 72.6 Å². The van der Waals surface area contributed by atoms with Gasteiger partial charge in [0, 0.05) is 18.0 Å². The van der Waals surface area contributed by atoms with E-state index in [1.165, 1.54) is 0 Å². The Kier molecular flexibility index (Phi) is 4.63. The lowest BCUT2D eigenvalue weighted by Gasteiger charge is -2.05. The molecule has 0 aliphatic rings. The number of benzene rings is 1. The molecule has 6 nitrogen and oxygen atoms in total. The van der Waals surface area contributed by atoms with E-state index in [4.69, 9.17) is 9.15 Å². The van der Waals surface area contributed by atoms with Crippen LogP contribution in [0, 0.1) is 0 Å². The van der Waals surface area contributed by atoms with Gasteiger partial charge in [-0.2, -0.15) is 0 Å². The molecule has 0 saturated carbocycles. The molecule has 2 aromatic heterocycles. The van der Waals surface area contributed by atoms with Crippen molar-refractivity contribution < 1.29 is 13.9 Å². The predicted molar refractivity (Wildman–Crippen MR) is 83.2 cm³/mol. The summed E-state index contributed by atoms with van der Waals surface area (Å²) in [6.07, 6.45) is 4.39. The normalized spacial score (nSPS) is 10.3. The molecule has 0 bridgehead atoms. The average Bonchev–Trinajstić information content (AvgIpc) is 3.09. The number of amides is 1. The van der Waals surface area contributed by atoms with E-state index in [9.17, 15) is 4.79 Å². The van der Waals surface area contributed by atoms with E-state index in [2.05, 4.69) is 15.3 Å². The molecular weight excluding hydrogens is 294 g/mol. The molecular formula is C17H15N3O3. The second kappa shape index (κ2) is 7.22. The number of alkyl carbamates (subject to hydrolysis) is 1. The number of hydrogen-bond donors (Lipinski definition) is 1. The predicted octanol–water partition coefficient (Wildman–Crippen LogP) is 3.16. The zero-order valence-corrected chi connectivity index (χ0v) is 12.3. The fraction of sp³-hybridized carbons (Fsp3) is 0.118. The number of nitrogens with one attached hydrogen (secondary N) is 1. The zero-order chi connectivity index (χ0) is 15.9. The lowest BCUT2D eigenvalue weighted by molar-refractivity contribution is 0.138. The van der Waals surface area contributed by atoms with Crippen LogP contribution >= 0.6 is 0 Å². The highest BCUT2D eigenvalue weighted by molar-refractivity contribution is 5.67. The van der Waals surface area contributed by atoms with Gasteiger partial charge in [-0.25, -0.2) is 9.78 Å². The molecule has 1 N–H and O–H groups in total. The highest BCUT2D eigenvalue weighted by atomic mass is 16.5. The van der Waals surface area contributed by atoms with Crippen molar-refractivity contribution in [3.63, 3.8) is 0 Å². The van der Waals surface area contributed by atoms with Gasteiger partial charge in [0.25, 0.3) is 0 Å². The minimum Gasteiger partial charge on any atom is -0.446 e. The Hall–Kier alpha value is -3.15. The summed E-state index contributed by atoms with van der Waals surface area (Å²) in [5.41, 5.74) is 2.53. The third kappa shape index (κ3) is 4.16. The van der Waals surface area contributed by atoms with Crippen molar-refractivity contribution in [2.45, 2.75) is 13.2 Å². The van der Waals surface area contributed by atoms with Gasteiger partial charge in [-0.1, -0.05) is 30.3 Å². The molecule has 3 rings (SSSR count). The van der Waals surface area contributed by atoms with Gasteiger partial charge in [0.2, 0.25) is 5.89 Å². The van der Waals surface area contributed by atoms with Gasteiger partial charge in [-0.15, -0.1) is 0 Å². The molecule has 0 spiro atoms. The van der Waals surface area contributed by atoms with Crippen LogP contribution in [0.2, 0.25) is 0 Å². The first-order chi connectivity index (χ1) is 11.3. The molecule has 116 valence electrons. The molecule has 6 heteroatoms. The summed E-state index contributed by atoms with van der Waals surface area (Å²) in [6.45, 7) is 0.388. The van der Waals surface area contributed by atoms with Gasteiger partial charge in [-0.3, -0.25) is 4.98 Å². The molecule has 2 heterocycles. The molecule has 23 heavy (non-hydrogen) atoms. The summed E-state index contributed by atoms with van der Waals surface area (Å²) < 4.78 is 10.4. The van der Waals surface area contributed by atoms with Crippen LogP contribution in [-0.2, 0) is 17.9 Å². The van der Waals surface area contributed by atoms with E-state index in [0.29, 0.717) is 11.6 Å². The summed E-state index contributed by atoms with van der Waals surface area (Å²) >= 11 is 0. The van der Waals surface area contributed by atoms with Gasteiger partial charge >= 0.3 is 6.09 Å². The minimum atomic E-state index is -0.516. The van der Waals surface area contributed by atoms with Gasteiger partial charge in [0.05, 0.1) is 6.54 Å². The number of nitrogens with zero attached hydrogens (tertiary/aromatic N) is 2. The van der Waals surface area contributed by atoms with Crippen molar-refractivity contribution >= 4 is 6.09 Å². The second-order valence-corrected chi connectivity index (χ2v) is 4.78. The first kappa shape index (κ1) is 14.8. The smallest absolute Gasteiger partial charge is 0.407 e. The van der Waals surface area contributed by atoms with Gasteiger partial charge in [-0.05, 0) is 17.7 Å². The second-order valence-electron chi connectivity index (χ2n) is 4.78. The van der Waals surface area contributed by atoms with E-state index in [1.54, 1.807) is 18.7 Å². The molecule has 3 aromatic rings. The quantitative estimate of drug-likeness (QED) is 0.783. The molecule has 1 amide bonds. The Labute approximate surface area is 133 Å². The summed E-state index contributed by atoms with van der Waals surface area (Å²) in [5, 5.41) is 2.60. The number of carbonyl (C=O) groups is 1. The Bertz CT molecular complexity index is 757. The molecule has 0 aliphatic heterocycles. The number of pyridine rings is 1. The van der Waals surface area contributed by atoms with Crippen molar-refractivity contribution in [1.82, 2.24) is 15.3 Å². The number of rotatable bonds is 5. The van der Waals surface area contributed by atoms with E-state index >= 15 is 0 Å². The van der Waals surface area contributed by atoms with Crippen LogP contribution < -0.4 is 5.32 Å². The fourth-order valence-electron chi connectivity index (χ4n) is 1.97. The average molecular weight is 309 g/mol. The topological polar surface area (TPSA) is 77.3 Å². The molecule has 1 aromatic carbocycles. The van der Waals surface area contributed by atoms with Crippen LogP contribution in [0.4, 0.5) is 4.79 Å². The number of carbonyl (C=O) groups excluding carboxylic acids is 1. The number of aromatic nitrogens is 2. The van der Waals surface area contributed by atoms with Gasteiger partial charge in [0.15, 0.2) is 0 Å². The van der Waals surface area contributed by atoms with Crippen LogP contribution in [0.5, 0.6) is 0 Å². The SMILES string of the molecule is O=C(NCc1nc(-c2ccncc2)co1)OCc1ccccc1. The molecule has 0 unspecified atom stereocenters. The number of hydrogen-bond acceptors (Lipinski definition) is 5. The van der Waals surface area contributed by atoms with Gasteiger partial charge < -0.3 is 14.5 Å². The standard InChI is InChI=1S/C17H15N3O3/c21-17(23-11-13-4-2-1-3-5-13)19-10-16-20-15(12-22-16)14-6-8-18-9-7-14/h1-9,12H,10-11H2,(H,19,21). The highest BCUT2D eigenvalue weighted by Crippen LogP contribution is 2.17. The van der Waals surface area contributed by atoms with Crippen LogP contribution in [0.15, 0.2) is 65.5 Å².